The zero-order chi connectivity index (χ0) is 13.9. The van der Waals surface area contributed by atoms with Crippen LogP contribution in [0.2, 0.25) is 0 Å². The molecule has 0 N–H and O–H groups in total. The fraction of sp³-hybridized carbons (Fsp3) is 0.615. The van der Waals surface area contributed by atoms with E-state index in [0.717, 1.165) is 37.0 Å². The number of hydrogen-bond donors (Lipinski definition) is 0. The molecule has 0 saturated carbocycles. The Morgan fingerprint density at radius 2 is 2.30 bits per heavy atom. The van der Waals surface area contributed by atoms with E-state index in [9.17, 15) is 0 Å². The molecule has 2 aromatic rings. The molecule has 20 heavy (non-hydrogen) atoms. The van der Waals surface area contributed by atoms with Gasteiger partial charge in [-0.2, -0.15) is 4.37 Å². The molecule has 0 amide bonds. The summed E-state index contributed by atoms with van der Waals surface area (Å²) in [6, 6.07) is 0. The molecule has 1 saturated heterocycles. The van der Waals surface area contributed by atoms with E-state index < -0.39 is 0 Å². The van der Waals surface area contributed by atoms with Crippen LogP contribution in [0.3, 0.4) is 0 Å². The van der Waals surface area contributed by atoms with Crippen molar-refractivity contribution in [2.75, 3.05) is 25.1 Å². The number of nitrogens with zero attached hydrogens (tertiary/aromatic N) is 5. The lowest BCUT2D eigenvalue weighted by Gasteiger charge is -2.39. The van der Waals surface area contributed by atoms with Crippen LogP contribution >= 0.6 is 11.5 Å². The smallest absolute Gasteiger partial charge is 0.205 e. The molecule has 6 nitrogen and oxygen atoms in total. The van der Waals surface area contributed by atoms with Crippen molar-refractivity contribution in [3.05, 3.63) is 24.0 Å². The molecule has 1 aliphatic rings. The average Bonchev–Trinajstić information content (AvgIpc) is 3.02. The van der Waals surface area contributed by atoms with E-state index in [1.807, 2.05) is 6.20 Å². The number of ether oxygens (including phenoxy) is 1. The molecule has 1 aliphatic heterocycles. The van der Waals surface area contributed by atoms with Crippen LogP contribution < -0.4 is 4.90 Å². The molecule has 3 rings (SSSR count). The Morgan fingerprint density at radius 3 is 3.05 bits per heavy atom. The van der Waals surface area contributed by atoms with Crippen molar-refractivity contribution in [3.8, 4) is 0 Å². The highest BCUT2D eigenvalue weighted by atomic mass is 32.1. The minimum atomic E-state index is 0.489. The van der Waals surface area contributed by atoms with Crippen LogP contribution in [0.1, 0.15) is 18.6 Å². The molecule has 3 heterocycles. The first-order valence-electron chi connectivity index (χ1n) is 6.86. The number of rotatable bonds is 6. The first-order chi connectivity index (χ1) is 9.80. The number of aryl methyl sites for hydroxylation is 1. The van der Waals surface area contributed by atoms with Gasteiger partial charge in [-0.25, -0.2) is 9.97 Å². The Labute approximate surface area is 122 Å². The lowest BCUT2D eigenvalue weighted by molar-refractivity contribution is 0.179. The summed E-state index contributed by atoms with van der Waals surface area (Å²) in [6.45, 7) is 5.77. The molecule has 0 atom stereocenters. The number of hydrogen-bond acceptors (Lipinski definition) is 6. The lowest BCUT2D eigenvalue weighted by atomic mass is 10.0. The van der Waals surface area contributed by atoms with Crippen LogP contribution in [-0.2, 0) is 24.3 Å². The third-order valence-corrected chi connectivity index (χ3v) is 4.35. The van der Waals surface area contributed by atoms with Crippen molar-refractivity contribution in [2.24, 2.45) is 5.92 Å². The summed E-state index contributed by atoms with van der Waals surface area (Å²) < 4.78 is 11.6. The van der Waals surface area contributed by atoms with Crippen LogP contribution in [0.4, 0.5) is 5.13 Å². The van der Waals surface area contributed by atoms with Crippen molar-refractivity contribution in [2.45, 2.75) is 26.5 Å². The molecule has 108 valence electrons. The first kappa shape index (κ1) is 13.5. The van der Waals surface area contributed by atoms with Crippen LogP contribution in [0, 0.1) is 5.92 Å². The Bertz CT molecular complexity index is 561. The molecular weight excluding hydrogens is 274 g/mol. The predicted molar refractivity (Wildman–Crippen MR) is 77.9 cm³/mol. The monoisotopic (exact) mass is 293 g/mol. The van der Waals surface area contributed by atoms with E-state index in [-0.39, 0.29) is 0 Å². The first-order valence-corrected chi connectivity index (χ1v) is 7.64. The van der Waals surface area contributed by atoms with Gasteiger partial charge in [-0.1, -0.05) is 6.92 Å². The van der Waals surface area contributed by atoms with Crippen LogP contribution in [0.5, 0.6) is 0 Å². The highest BCUT2D eigenvalue weighted by Crippen LogP contribution is 2.27. The van der Waals surface area contributed by atoms with Crippen LogP contribution in [0.15, 0.2) is 12.4 Å². The van der Waals surface area contributed by atoms with Gasteiger partial charge < -0.3 is 14.2 Å². The molecule has 0 aliphatic carbocycles. The second kappa shape index (κ2) is 5.88. The zero-order valence-corrected chi connectivity index (χ0v) is 12.6. The predicted octanol–water partition coefficient (Wildman–Crippen LogP) is 1.58. The van der Waals surface area contributed by atoms with E-state index >= 15 is 0 Å². The standard InChI is InChI=1S/C13H19N5OS/c1-3-12-14-4-5-17(12)6-10-7-18(8-10)13-15-11(9-19-2)16-20-13/h4-5,10H,3,6-9H2,1-2H3. The number of methoxy groups -OCH3 is 1. The summed E-state index contributed by atoms with van der Waals surface area (Å²) >= 11 is 1.46. The second-order valence-electron chi connectivity index (χ2n) is 5.05. The van der Waals surface area contributed by atoms with Gasteiger partial charge in [0.15, 0.2) is 5.82 Å². The summed E-state index contributed by atoms with van der Waals surface area (Å²) in [7, 11) is 1.66. The lowest BCUT2D eigenvalue weighted by Crippen LogP contribution is -2.48. The van der Waals surface area contributed by atoms with Crippen LogP contribution in [0.25, 0.3) is 0 Å². The van der Waals surface area contributed by atoms with E-state index in [2.05, 4.69) is 36.9 Å². The quantitative estimate of drug-likeness (QED) is 0.809. The normalized spacial score (nSPS) is 15.6. The maximum Gasteiger partial charge on any atom is 0.205 e. The van der Waals surface area contributed by atoms with Crippen molar-refractivity contribution in [3.63, 3.8) is 0 Å². The van der Waals surface area contributed by atoms with Crippen molar-refractivity contribution in [1.29, 1.82) is 0 Å². The largest absolute Gasteiger partial charge is 0.377 e. The molecule has 7 heteroatoms. The minimum Gasteiger partial charge on any atom is -0.377 e. The van der Waals surface area contributed by atoms with Crippen molar-refractivity contribution < 1.29 is 4.74 Å². The Hall–Kier alpha value is -1.47. The van der Waals surface area contributed by atoms with E-state index in [1.54, 1.807) is 7.11 Å². The number of aromatic nitrogens is 4. The van der Waals surface area contributed by atoms with Gasteiger partial charge in [0.05, 0.1) is 0 Å². The topological polar surface area (TPSA) is 56.1 Å². The van der Waals surface area contributed by atoms with Gasteiger partial charge >= 0.3 is 0 Å². The summed E-state index contributed by atoms with van der Waals surface area (Å²) in [5.41, 5.74) is 0. The summed E-state index contributed by atoms with van der Waals surface area (Å²) in [5, 5.41) is 1.01. The molecule has 0 aromatic carbocycles. The molecule has 0 spiro atoms. The van der Waals surface area contributed by atoms with Gasteiger partial charge in [-0.05, 0) is 0 Å². The molecule has 0 unspecified atom stereocenters. The summed E-state index contributed by atoms with van der Waals surface area (Å²) in [4.78, 5) is 11.1. The van der Waals surface area contributed by atoms with Gasteiger partial charge in [-0.3, -0.25) is 0 Å². The number of imidazole rings is 1. The van der Waals surface area contributed by atoms with Crippen molar-refractivity contribution in [1.82, 2.24) is 18.9 Å². The van der Waals surface area contributed by atoms with Gasteiger partial charge in [0.2, 0.25) is 5.13 Å². The number of anilines is 1. The highest BCUT2D eigenvalue weighted by molar-refractivity contribution is 7.09. The van der Waals surface area contributed by atoms with E-state index in [0.29, 0.717) is 12.5 Å². The minimum absolute atomic E-state index is 0.489. The zero-order valence-electron chi connectivity index (χ0n) is 11.8. The van der Waals surface area contributed by atoms with E-state index in [1.165, 1.54) is 17.4 Å². The summed E-state index contributed by atoms with van der Waals surface area (Å²) in [5.74, 6) is 2.62. The molecule has 2 aromatic heterocycles. The van der Waals surface area contributed by atoms with Gasteiger partial charge in [0.25, 0.3) is 0 Å². The molecular formula is C13H19N5OS. The van der Waals surface area contributed by atoms with E-state index in [4.69, 9.17) is 4.74 Å². The summed E-state index contributed by atoms with van der Waals surface area (Å²) in [6.07, 6.45) is 4.94. The fourth-order valence-corrected chi connectivity index (χ4v) is 3.19. The second-order valence-corrected chi connectivity index (χ2v) is 5.78. The third-order valence-electron chi connectivity index (χ3n) is 3.53. The average molecular weight is 293 g/mol. The van der Waals surface area contributed by atoms with Gasteiger partial charge in [-0.15, -0.1) is 0 Å². The fourth-order valence-electron chi connectivity index (χ4n) is 2.50. The molecule has 0 radical (unpaired) electrons. The maximum absolute atomic E-state index is 5.04. The van der Waals surface area contributed by atoms with Gasteiger partial charge in [0.1, 0.15) is 12.4 Å². The Morgan fingerprint density at radius 1 is 1.45 bits per heavy atom. The molecule has 0 bridgehead atoms. The Kier molecular flexibility index (Phi) is 3.98. The van der Waals surface area contributed by atoms with Crippen molar-refractivity contribution >= 4 is 16.7 Å². The van der Waals surface area contributed by atoms with Gasteiger partial charge in [0, 0.05) is 63.0 Å². The maximum atomic E-state index is 5.04. The SMILES string of the molecule is CCc1nccn1CC1CN(c2nc(COC)ns2)C1. The highest BCUT2D eigenvalue weighted by Gasteiger charge is 2.29. The Balaban J connectivity index is 1.53. The van der Waals surface area contributed by atoms with Crippen LogP contribution in [-0.4, -0.2) is 39.1 Å². The third kappa shape index (κ3) is 2.69. The molecule has 1 fully saturated rings.